The van der Waals surface area contributed by atoms with Crippen LogP contribution in [0.25, 0.3) is 10.9 Å². The number of nitrogens with zero attached hydrogens (tertiary/aromatic N) is 2. The molecule has 0 saturated heterocycles. The number of benzene rings is 1. The van der Waals surface area contributed by atoms with Gasteiger partial charge in [-0.25, -0.2) is 9.38 Å². The predicted octanol–water partition coefficient (Wildman–Crippen LogP) is 2.89. The zero-order valence-corrected chi connectivity index (χ0v) is 18.6. The molecule has 0 aliphatic carbocycles. The van der Waals surface area contributed by atoms with Gasteiger partial charge in [-0.1, -0.05) is 6.92 Å². The van der Waals surface area contributed by atoms with Crippen molar-refractivity contribution in [1.82, 2.24) is 20.5 Å². The normalized spacial score (nSPS) is 12.4. The number of aromatic nitrogens is 1. The Morgan fingerprint density at radius 1 is 1.37 bits per heavy atom. The van der Waals surface area contributed by atoms with Crippen LogP contribution in [-0.4, -0.2) is 55.0 Å². The number of fused-ring (bicyclic) bond motifs is 1. The fraction of sp³-hybridized carbons (Fsp3) is 0.474. The Bertz CT molecular complexity index is 775. The summed E-state index contributed by atoms with van der Waals surface area (Å²) in [5.74, 6) is 0.317. The van der Waals surface area contributed by atoms with Crippen molar-refractivity contribution in [3.63, 3.8) is 0 Å². The molecule has 8 heteroatoms. The predicted molar refractivity (Wildman–Crippen MR) is 119 cm³/mol. The van der Waals surface area contributed by atoms with Crippen molar-refractivity contribution in [2.45, 2.75) is 32.7 Å². The lowest BCUT2D eigenvalue weighted by atomic mass is 10.1. The van der Waals surface area contributed by atoms with E-state index in [4.69, 9.17) is 0 Å². The number of carbonyl (C=O) groups excluding carboxylic acids is 1. The van der Waals surface area contributed by atoms with Gasteiger partial charge in [0, 0.05) is 43.8 Å². The van der Waals surface area contributed by atoms with Crippen LogP contribution in [0.3, 0.4) is 0 Å². The first kappa shape index (κ1) is 23.2. The Morgan fingerprint density at radius 2 is 2.11 bits per heavy atom. The van der Waals surface area contributed by atoms with E-state index in [1.807, 2.05) is 6.20 Å². The van der Waals surface area contributed by atoms with Crippen LogP contribution in [-0.2, 0) is 11.2 Å². The first-order chi connectivity index (χ1) is 12.4. The maximum Gasteiger partial charge on any atom is 0.243 e. The summed E-state index contributed by atoms with van der Waals surface area (Å²) in [4.78, 5) is 20.8. The highest BCUT2D eigenvalue weighted by molar-refractivity contribution is 14.0. The second-order valence-electron chi connectivity index (χ2n) is 6.59. The number of likely N-dealkylation sites (N-methyl/N-ethyl adjacent to an activating group) is 1. The number of aliphatic imine (C=N–C) groups is 1. The topological polar surface area (TPSA) is 72.5 Å². The third-order valence-electron chi connectivity index (χ3n) is 4.28. The molecule has 0 radical (unpaired) electrons. The Labute approximate surface area is 177 Å². The van der Waals surface area contributed by atoms with E-state index in [1.165, 1.54) is 11.0 Å². The molecule has 0 saturated carbocycles. The van der Waals surface area contributed by atoms with Gasteiger partial charge >= 0.3 is 0 Å². The molecule has 150 valence electrons. The number of hydrogen-bond donors (Lipinski definition) is 3. The number of halogens is 2. The number of hydrogen-bond acceptors (Lipinski definition) is 2. The highest BCUT2D eigenvalue weighted by atomic mass is 127. The van der Waals surface area contributed by atoms with Gasteiger partial charge < -0.3 is 20.5 Å². The molecule has 6 nitrogen and oxygen atoms in total. The lowest BCUT2D eigenvalue weighted by Crippen LogP contribution is -2.43. The van der Waals surface area contributed by atoms with Crippen molar-refractivity contribution in [1.29, 1.82) is 0 Å². The number of carbonyl (C=O) groups is 1. The Balaban J connectivity index is 0.00000364. The second-order valence-corrected chi connectivity index (χ2v) is 6.59. The molecule has 1 unspecified atom stereocenters. The molecular formula is C19H29FIN5O. The Morgan fingerprint density at radius 3 is 2.78 bits per heavy atom. The van der Waals surface area contributed by atoms with E-state index in [0.29, 0.717) is 18.9 Å². The zero-order chi connectivity index (χ0) is 19.1. The van der Waals surface area contributed by atoms with Gasteiger partial charge in [-0.3, -0.25) is 4.79 Å². The van der Waals surface area contributed by atoms with Crippen molar-refractivity contribution >= 4 is 46.7 Å². The van der Waals surface area contributed by atoms with Crippen molar-refractivity contribution < 1.29 is 9.18 Å². The summed E-state index contributed by atoms with van der Waals surface area (Å²) >= 11 is 0. The number of amides is 1. The quantitative estimate of drug-likeness (QED) is 0.318. The summed E-state index contributed by atoms with van der Waals surface area (Å²) < 4.78 is 13.5. The minimum atomic E-state index is -0.241. The fourth-order valence-corrected chi connectivity index (χ4v) is 2.45. The molecule has 0 aliphatic rings. The highest BCUT2D eigenvalue weighted by Crippen LogP contribution is 2.19. The molecule has 0 spiro atoms. The molecule has 2 rings (SSSR count). The summed E-state index contributed by atoms with van der Waals surface area (Å²) in [6.07, 6.45) is 3.57. The van der Waals surface area contributed by atoms with E-state index in [2.05, 4.69) is 34.5 Å². The highest BCUT2D eigenvalue weighted by Gasteiger charge is 2.08. The monoisotopic (exact) mass is 489 g/mol. The lowest BCUT2D eigenvalue weighted by molar-refractivity contribution is -0.127. The van der Waals surface area contributed by atoms with Crippen molar-refractivity contribution in [2.75, 3.05) is 27.2 Å². The van der Waals surface area contributed by atoms with Gasteiger partial charge in [0.15, 0.2) is 5.96 Å². The first-order valence-corrected chi connectivity index (χ1v) is 8.91. The summed E-state index contributed by atoms with van der Waals surface area (Å²) in [5, 5.41) is 7.44. The molecule has 0 aliphatic heterocycles. The molecule has 1 heterocycles. The molecular weight excluding hydrogens is 460 g/mol. The molecule has 1 aromatic carbocycles. The van der Waals surface area contributed by atoms with Gasteiger partial charge in [0.05, 0.1) is 0 Å². The van der Waals surface area contributed by atoms with E-state index in [0.717, 1.165) is 22.9 Å². The van der Waals surface area contributed by atoms with Gasteiger partial charge in [-0.15, -0.1) is 24.0 Å². The Hall–Kier alpha value is -1.84. The van der Waals surface area contributed by atoms with Crippen LogP contribution in [0.2, 0.25) is 0 Å². The summed E-state index contributed by atoms with van der Waals surface area (Å²) in [6, 6.07) is 4.98. The van der Waals surface area contributed by atoms with Crippen LogP contribution < -0.4 is 10.6 Å². The van der Waals surface area contributed by atoms with E-state index in [1.54, 1.807) is 26.2 Å². The van der Waals surface area contributed by atoms with Gasteiger partial charge in [-0.2, -0.15) is 0 Å². The Kier molecular flexibility index (Phi) is 9.54. The maximum absolute atomic E-state index is 13.5. The standard InChI is InChI=1S/C19H28FN5O.HI/c1-5-13(2)24-19(23-12-18(26)25(3)4)21-9-8-14-11-22-17-7-6-15(20)10-16(14)17;/h6-7,10-11,13,22H,5,8-9,12H2,1-4H3,(H2,21,23,24);1H. The number of aromatic amines is 1. The summed E-state index contributed by atoms with van der Waals surface area (Å²) in [6.45, 7) is 4.87. The molecule has 27 heavy (non-hydrogen) atoms. The van der Waals surface area contributed by atoms with E-state index in [-0.39, 0.29) is 48.3 Å². The zero-order valence-electron chi connectivity index (χ0n) is 16.3. The molecule has 1 aromatic heterocycles. The van der Waals surface area contributed by atoms with Gasteiger partial charge in [0.1, 0.15) is 12.4 Å². The lowest BCUT2D eigenvalue weighted by Gasteiger charge is -2.17. The molecule has 1 atom stereocenters. The van der Waals surface area contributed by atoms with Crippen LogP contribution >= 0.6 is 24.0 Å². The molecule has 1 amide bonds. The summed E-state index contributed by atoms with van der Waals surface area (Å²) in [7, 11) is 3.42. The van der Waals surface area contributed by atoms with Gasteiger partial charge in [0.25, 0.3) is 0 Å². The van der Waals surface area contributed by atoms with Gasteiger partial charge in [0.2, 0.25) is 5.91 Å². The van der Waals surface area contributed by atoms with Crippen molar-refractivity contribution in [3.05, 3.63) is 35.8 Å². The van der Waals surface area contributed by atoms with E-state index < -0.39 is 0 Å². The van der Waals surface area contributed by atoms with Crippen LogP contribution in [0.4, 0.5) is 4.39 Å². The van der Waals surface area contributed by atoms with Crippen LogP contribution in [0.5, 0.6) is 0 Å². The first-order valence-electron chi connectivity index (χ1n) is 8.91. The van der Waals surface area contributed by atoms with Gasteiger partial charge in [-0.05, 0) is 43.5 Å². The SMILES string of the molecule is CCC(C)NC(=NCC(=O)N(C)C)NCCc1c[nH]c2ccc(F)cc12.I. The summed E-state index contributed by atoms with van der Waals surface area (Å²) in [5.41, 5.74) is 1.96. The van der Waals surface area contributed by atoms with Crippen molar-refractivity contribution in [2.24, 2.45) is 4.99 Å². The molecule has 3 N–H and O–H groups in total. The molecule has 0 fully saturated rings. The molecule has 2 aromatic rings. The van der Waals surface area contributed by atoms with E-state index in [9.17, 15) is 9.18 Å². The minimum Gasteiger partial charge on any atom is -0.361 e. The van der Waals surface area contributed by atoms with Crippen LogP contribution in [0, 0.1) is 5.82 Å². The minimum absolute atomic E-state index is 0. The smallest absolute Gasteiger partial charge is 0.243 e. The number of H-pyrrole nitrogens is 1. The average Bonchev–Trinajstić information content (AvgIpc) is 3.01. The number of nitrogens with one attached hydrogen (secondary N) is 3. The third kappa shape index (κ3) is 7.00. The number of guanidine groups is 1. The second kappa shape index (κ2) is 11.1. The molecule has 0 bridgehead atoms. The number of rotatable bonds is 7. The average molecular weight is 489 g/mol. The van der Waals surface area contributed by atoms with E-state index >= 15 is 0 Å². The van der Waals surface area contributed by atoms with Crippen LogP contribution in [0.1, 0.15) is 25.8 Å². The van der Waals surface area contributed by atoms with Crippen molar-refractivity contribution in [3.8, 4) is 0 Å². The largest absolute Gasteiger partial charge is 0.361 e. The fourth-order valence-electron chi connectivity index (χ4n) is 2.45. The maximum atomic E-state index is 13.5. The third-order valence-corrected chi connectivity index (χ3v) is 4.28. The van der Waals surface area contributed by atoms with Crippen LogP contribution in [0.15, 0.2) is 29.4 Å².